The van der Waals surface area contributed by atoms with Crippen molar-refractivity contribution in [3.05, 3.63) is 83.7 Å². The molecule has 0 saturated heterocycles. The molecule has 0 saturated carbocycles. The van der Waals surface area contributed by atoms with Crippen LogP contribution in [0.4, 0.5) is 4.39 Å². The number of unbranched alkanes of at least 4 members (excludes halogenated alkanes) is 5. The van der Waals surface area contributed by atoms with Crippen molar-refractivity contribution in [2.24, 2.45) is 5.92 Å². The largest absolute Gasteiger partial charge is 0.494 e. The zero-order chi connectivity index (χ0) is 28.0. The van der Waals surface area contributed by atoms with Crippen LogP contribution in [-0.4, -0.2) is 25.2 Å². The molecule has 0 aliphatic carbocycles. The maximum Gasteiger partial charge on any atom is 0.343 e. The molecule has 0 heterocycles. The van der Waals surface area contributed by atoms with Crippen LogP contribution in [0.1, 0.15) is 86.4 Å². The van der Waals surface area contributed by atoms with Crippen LogP contribution >= 0.6 is 0 Å². The molecule has 208 valence electrons. The zero-order valence-electron chi connectivity index (χ0n) is 23.2. The molecule has 0 aliphatic rings. The van der Waals surface area contributed by atoms with Crippen molar-refractivity contribution in [3.63, 3.8) is 0 Å². The average Bonchev–Trinajstić information content (AvgIpc) is 2.95. The molecule has 0 N–H and O–H groups in total. The van der Waals surface area contributed by atoms with Gasteiger partial charge in [-0.05, 0) is 59.9 Å². The van der Waals surface area contributed by atoms with Gasteiger partial charge in [0.05, 0.1) is 24.3 Å². The summed E-state index contributed by atoms with van der Waals surface area (Å²) in [5, 5.41) is 0. The maximum atomic E-state index is 14.5. The fourth-order valence-electron chi connectivity index (χ4n) is 3.92. The van der Waals surface area contributed by atoms with Crippen molar-refractivity contribution in [2.75, 3.05) is 13.2 Å². The molecule has 1 atom stereocenters. The predicted molar refractivity (Wildman–Crippen MR) is 152 cm³/mol. The summed E-state index contributed by atoms with van der Waals surface area (Å²) in [6.07, 6.45) is 8.22. The van der Waals surface area contributed by atoms with Gasteiger partial charge < -0.3 is 14.2 Å². The van der Waals surface area contributed by atoms with Crippen LogP contribution in [0.3, 0.4) is 0 Å². The third-order valence-electron chi connectivity index (χ3n) is 6.64. The lowest BCUT2D eigenvalue weighted by Gasteiger charge is -2.11. The summed E-state index contributed by atoms with van der Waals surface area (Å²) in [7, 11) is 0. The molecule has 0 radical (unpaired) electrons. The van der Waals surface area contributed by atoms with Crippen molar-refractivity contribution >= 4 is 11.9 Å². The number of carbonyl (C=O) groups is 2. The molecule has 3 aromatic rings. The molecule has 39 heavy (non-hydrogen) atoms. The second kappa shape index (κ2) is 15.7. The predicted octanol–water partition coefficient (Wildman–Crippen LogP) is 8.65. The average molecular weight is 535 g/mol. The fraction of sp³-hybridized carbons (Fsp3) is 0.394. The first-order valence-corrected chi connectivity index (χ1v) is 13.9. The first-order chi connectivity index (χ1) is 18.9. The smallest absolute Gasteiger partial charge is 0.343 e. The SMILES string of the molecule is CCCCCCCCOc1ccc(-c2ccc(C(=O)Oc3ccc(C(=O)OCC(C)CC)c(F)c3)cc2)cc1. The molecule has 6 heteroatoms. The van der Waals surface area contributed by atoms with Gasteiger partial charge in [-0.15, -0.1) is 0 Å². The number of hydrogen-bond acceptors (Lipinski definition) is 5. The Balaban J connectivity index is 1.51. The van der Waals surface area contributed by atoms with E-state index in [9.17, 15) is 14.0 Å². The Labute approximate surface area is 231 Å². The van der Waals surface area contributed by atoms with Gasteiger partial charge >= 0.3 is 11.9 Å². The zero-order valence-corrected chi connectivity index (χ0v) is 23.2. The number of esters is 2. The lowest BCUT2D eigenvalue weighted by Crippen LogP contribution is -2.13. The molecule has 1 unspecified atom stereocenters. The van der Waals surface area contributed by atoms with Gasteiger partial charge in [0, 0.05) is 6.07 Å². The lowest BCUT2D eigenvalue weighted by molar-refractivity contribution is 0.0441. The summed E-state index contributed by atoms with van der Waals surface area (Å²) in [5.74, 6) is -1.11. The Morgan fingerprint density at radius 3 is 2.03 bits per heavy atom. The molecule has 0 amide bonds. The molecule has 0 aromatic heterocycles. The van der Waals surface area contributed by atoms with Gasteiger partial charge in [0.1, 0.15) is 17.3 Å². The van der Waals surface area contributed by atoms with Gasteiger partial charge in [0.15, 0.2) is 0 Å². The minimum atomic E-state index is -0.802. The van der Waals surface area contributed by atoms with Gasteiger partial charge in [0.2, 0.25) is 0 Å². The number of benzene rings is 3. The Morgan fingerprint density at radius 2 is 1.38 bits per heavy atom. The van der Waals surface area contributed by atoms with Crippen LogP contribution < -0.4 is 9.47 Å². The highest BCUT2D eigenvalue weighted by Gasteiger charge is 2.17. The Hall–Kier alpha value is -3.67. The summed E-state index contributed by atoms with van der Waals surface area (Å²) >= 11 is 0. The lowest BCUT2D eigenvalue weighted by atomic mass is 10.0. The Kier molecular flexibility index (Phi) is 12.0. The quantitative estimate of drug-likeness (QED) is 0.111. The summed E-state index contributed by atoms with van der Waals surface area (Å²) < 4.78 is 30.8. The monoisotopic (exact) mass is 534 g/mol. The number of rotatable bonds is 15. The van der Waals surface area contributed by atoms with Crippen LogP contribution in [0.25, 0.3) is 11.1 Å². The normalized spacial score (nSPS) is 11.6. The van der Waals surface area contributed by atoms with Gasteiger partial charge in [-0.1, -0.05) is 83.6 Å². The molecular weight excluding hydrogens is 495 g/mol. The molecule has 0 spiro atoms. The molecule has 5 nitrogen and oxygen atoms in total. The van der Waals surface area contributed by atoms with Crippen LogP contribution in [-0.2, 0) is 4.74 Å². The second-order valence-corrected chi connectivity index (χ2v) is 9.86. The van der Waals surface area contributed by atoms with Crippen molar-refractivity contribution in [1.82, 2.24) is 0 Å². The number of hydrogen-bond donors (Lipinski definition) is 0. The summed E-state index contributed by atoms with van der Waals surface area (Å²) in [4.78, 5) is 24.7. The van der Waals surface area contributed by atoms with E-state index in [2.05, 4.69) is 6.92 Å². The van der Waals surface area contributed by atoms with Crippen molar-refractivity contribution in [1.29, 1.82) is 0 Å². The third kappa shape index (κ3) is 9.54. The highest BCUT2D eigenvalue weighted by molar-refractivity contribution is 5.92. The molecule has 0 fully saturated rings. The summed E-state index contributed by atoms with van der Waals surface area (Å²) in [6.45, 7) is 7.09. The standard InChI is InChI=1S/C33H39FO5/c1-4-6-7-8-9-10-21-37-28-17-15-26(16-18-28)25-11-13-27(14-12-25)32(35)39-29-19-20-30(31(34)22-29)33(36)38-23-24(3)5-2/h11-20,22,24H,4-10,21,23H2,1-3H3. The molecule has 0 aliphatic heterocycles. The second-order valence-electron chi connectivity index (χ2n) is 9.86. The van der Waals surface area contributed by atoms with Gasteiger partial charge in [-0.2, -0.15) is 0 Å². The first-order valence-electron chi connectivity index (χ1n) is 13.9. The van der Waals surface area contributed by atoms with E-state index in [-0.39, 0.29) is 23.8 Å². The third-order valence-corrected chi connectivity index (χ3v) is 6.64. The first kappa shape index (κ1) is 29.9. The number of carbonyl (C=O) groups excluding carboxylic acids is 2. The van der Waals surface area contributed by atoms with Gasteiger partial charge in [-0.3, -0.25) is 0 Å². The molecule has 3 rings (SSSR count). The number of halogens is 1. The van der Waals surface area contributed by atoms with Crippen molar-refractivity contribution < 1.29 is 28.2 Å². The van der Waals surface area contributed by atoms with Crippen molar-refractivity contribution in [2.45, 2.75) is 65.7 Å². The Bertz CT molecular complexity index is 1190. The highest BCUT2D eigenvalue weighted by atomic mass is 19.1. The minimum absolute atomic E-state index is 0.0107. The minimum Gasteiger partial charge on any atom is -0.494 e. The maximum absolute atomic E-state index is 14.5. The number of ether oxygens (including phenoxy) is 3. The van der Waals surface area contributed by atoms with E-state index in [0.717, 1.165) is 42.4 Å². The van der Waals surface area contributed by atoms with Crippen LogP contribution in [0, 0.1) is 11.7 Å². The van der Waals surface area contributed by atoms with E-state index in [1.165, 1.54) is 44.2 Å². The summed E-state index contributed by atoms with van der Waals surface area (Å²) in [6, 6.07) is 18.5. The van der Waals surface area contributed by atoms with E-state index in [0.29, 0.717) is 5.56 Å². The molecular formula is C33H39FO5. The van der Waals surface area contributed by atoms with E-state index < -0.39 is 17.8 Å². The van der Waals surface area contributed by atoms with E-state index in [4.69, 9.17) is 14.2 Å². The van der Waals surface area contributed by atoms with E-state index >= 15 is 0 Å². The topological polar surface area (TPSA) is 61.8 Å². The molecule has 3 aromatic carbocycles. The highest BCUT2D eigenvalue weighted by Crippen LogP contribution is 2.24. The Morgan fingerprint density at radius 1 is 0.769 bits per heavy atom. The van der Waals surface area contributed by atoms with Gasteiger partial charge in [0.25, 0.3) is 0 Å². The van der Waals surface area contributed by atoms with E-state index in [1.54, 1.807) is 12.1 Å². The van der Waals surface area contributed by atoms with Crippen molar-refractivity contribution in [3.8, 4) is 22.6 Å². The molecule has 0 bridgehead atoms. The van der Waals surface area contributed by atoms with Crippen LogP contribution in [0.15, 0.2) is 66.7 Å². The van der Waals surface area contributed by atoms with Crippen LogP contribution in [0.2, 0.25) is 0 Å². The van der Waals surface area contributed by atoms with E-state index in [1.807, 2.05) is 50.2 Å². The summed E-state index contributed by atoms with van der Waals surface area (Å²) in [5.41, 5.74) is 2.08. The van der Waals surface area contributed by atoms with Gasteiger partial charge in [-0.25, -0.2) is 14.0 Å². The van der Waals surface area contributed by atoms with Crippen LogP contribution in [0.5, 0.6) is 11.5 Å². The fourth-order valence-corrected chi connectivity index (χ4v) is 3.92.